The first-order valence-electron chi connectivity index (χ1n) is 12.1. The quantitative estimate of drug-likeness (QED) is 0.400. The molecule has 0 saturated carbocycles. The van der Waals surface area contributed by atoms with Gasteiger partial charge in [-0.3, -0.25) is 9.59 Å². The van der Waals surface area contributed by atoms with Crippen molar-refractivity contribution in [2.45, 2.75) is 39.2 Å². The maximum Gasteiger partial charge on any atom is 0.341 e. The van der Waals surface area contributed by atoms with Gasteiger partial charge in [0.05, 0.1) is 31.0 Å². The Bertz CT molecular complexity index is 1500. The van der Waals surface area contributed by atoms with Gasteiger partial charge in [0.15, 0.2) is 5.82 Å². The zero-order chi connectivity index (χ0) is 27.9. The van der Waals surface area contributed by atoms with Crippen LogP contribution in [0, 0.1) is 17.6 Å². The minimum Gasteiger partial charge on any atom is -0.496 e. The summed E-state index contributed by atoms with van der Waals surface area (Å²) >= 11 is 5.97. The van der Waals surface area contributed by atoms with Gasteiger partial charge in [0.2, 0.25) is 11.3 Å². The summed E-state index contributed by atoms with van der Waals surface area (Å²) in [6.45, 7) is 3.66. The normalized spacial score (nSPS) is 14.5. The molecule has 1 aliphatic heterocycles. The Hall–Kier alpha value is -3.50. The highest BCUT2D eigenvalue weighted by Gasteiger charge is 2.29. The number of hydrogen-bond acceptors (Lipinski definition) is 5. The fraction of sp³-hybridized carbons (Fsp3) is 0.370. The molecular formula is C27H27ClF2N2O6. The third kappa shape index (κ3) is 4.74. The Morgan fingerprint density at radius 1 is 1.16 bits per heavy atom. The highest BCUT2D eigenvalue weighted by Crippen LogP contribution is 2.36. The fourth-order valence-corrected chi connectivity index (χ4v) is 5.09. The van der Waals surface area contributed by atoms with Crippen molar-refractivity contribution < 1.29 is 33.3 Å². The maximum atomic E-state index is 15.1. The minimum absolute atomic E-state index is 0.0309. The number of carboxylic acids is 1. The van der Waals surface area contributed by atoms with E-state index in [1.54, 1.807) is 0 Å². The zero-order valence-corrected chi connectivity index (χ0v) is 21.8. The van der Waals surface area contributed by atoms with E-state index in [2.05, 4.69) is 0 Å². The number of pyridine rings is 1. The van der Waals surface area contributed by atoms with Crippen LogP contribution in [0.15, 0.2) is 29.2 Å². The zero-order valence-electron chi connectivity index (χ0n) is 21.1. The van der Waals surface area contributed by atoms with Gasteiger partial charge >= 0.3 is 5.97 Å². The van der Waals surface area contributed by atoms with E-state index in [1.807, 2.05) is 13.8 Å². The first-order valence-corrected chi connectivity index (χ1v) is 12.4. The molecule has 8 nitrogen and oxygen atoms in total. The Labute approximate surface area is 222 Å². The number of aromatic nitrogens is 1. The average Bonchev–Trinajstić information content (AvgIpc) is 3.30. The Kier molecular flexibility index (Phi) is 7.75. The van der Waals surface area contributed by atoms with Gasteiger partial charge in [-0.05, 0) is 35.6 Å². The number of ether oxygens (including phenoxy) is 1. The summed E-state index contributed by atoms with van der Waals surface area (Å²) < 4.78 is 37.0. The van der Waals surface area contributed by atoms with Crippen molar-refractivity contribution in [1.82, 2.24) is 4.57 Å². The monoisotopic (exact) mass is 548 g/mol. The van der Waals surface area contributed by atoms with Crippen LogP contribution < -0.4 is 15.1 Å². The van der Waals surface area contributed by atoms with E-state index in [4.69, 9.17) is 16.3 Å². The van der Waals surface area contributed by atoms with Crippen LogP contribution in [0.1, 0.15) is 54.2 Å². The molecular weight excluding hydrogens is 522 g/mol. The molecule has 1 saturated heterocycles. The lowest BCUT2D eigenvalue weighted by atomic mass is 9.98. The highest BCUT2D eigenvalue weighted by atomic mass is 35.5. The van der Waals surface area contributed by atoms with Gasteiger partial charge in [-0.2, -0.15) is 0 Å². The van der Waals surface area contributed by atoms with E-state index < -0.39 is 39.7 Å². The summed E-state index contributed by atoms with van der Waals surface area (Å²) in [5.74, 6) is -3.64. The number of benzene rings is 2. The van der Waals surface area contributed by atoms with Crippen LogP contribution in [0.3, 0.4) is 0 Å². The SMILES string of the molecule is COc1cc2c(cc1Cc1cc(N3CCCC3=O)c(F)c(Cl)c1F)c(=O)c(C(=O)O)cn2[C@H](CO)C(C)C. The molecule has 11 heteroatoms. The highest BCUT2D eigenvalue weighted by molar-refractivity contribution is 6.31. The van der Waals surface area contributed by atoms with E-state index in [9.17, 15) is 29.0 Å². The molecule has 0 bridgehead atoms. The van der Waals surface area contributed by atoms with Crippen LogP contribution >= 0.6 is 11.6 Å². The second-order valence-corrected chi connectivity index (χ2v) is 9.96. The fourth-order valence-electron chi connectivity index (χ4n) is 4.87. The number of amides is 1. The molecule has 0 radical (unpaired) electrons. The second-order valence-electron chi connectivity index (χ2n) is 9.58. The summed E-state index contributed by atoms with van der Waals surface area (Å²) in [6, 6.07) is 3.61. The van der Waals surface area contributed by atoms with Crippen molar-refractivity contribution in [3.8, 4) is 5.75 Å². The standard InChI is InChI=1S/C27H27ClF2N2O6/c1-13(2)20(12-33)32-11-17(27(36)37)26(35)16-8-14(21(38-3)10-18(16)32)7-15-9-19(25(30)23(28)24(15)29)31-6-4-5-22(31)34/h8-11,13,20,33H,4-7,12H2,1-3H3,(H,36,37)/t20-/m1/s1. The van der Waals surface area contributed by atoms with E-state index in [0.29, 0.717) is 17.5 Å². The molecule has 2 aromatic carbocycles. The molecule has 1 fully saturated rings. The topological polar surface area (TPSA) is 109 Å². The van der Waals surface area contributed by atoms with Crippen LogP contribution in [-0.2, 0) is 11.2 Å². The summed E-state index contributed by atoms with van der Waals surface area (Å²) in [5, 5.41) is 18.9. The largest absolute Gasteiger partial charge is 0.496 e. The summed E-state index contributed by atoms with van der Waals surface area (Å²) in [5.41, 5.74) is -0.765. The van der Waals surface area contributed by atoms with Crippen molar-refractivity contribution in [3.05, 3.63) is 68.0 Å². The second kappa shape index (κ2) is 10.7. The number of rotatable bonds is 8. The van der Waals surface area contributed by atoms with Gasteiger partial charge in [-0.15, -0.1) is 0 Å². The van der Waals surface area contributed by atoms with Crippen molar-refractivity contribution in [2.24, 2.45) is 5.92 Å². The lowest BCUT2D eigenvalue weighted by Crippen LogP contribution is -2.25. The van der Waals surface area contributed by atoms with Crippen molar-refractivity contribution in [1.29, 1.82) is 0 Å². The molecule has 2 heterocycles. The third-order valence-corrected chi connectivity index (χ3v) is 7.26. The molecule has 38 heavy (non-hydrogen) atoms. The van der Waals surface area contributed by atoms with E-state index in [0.717, 1.165) is 0 Å². The number of methoxy groups -OCH3 is 1. The molecule has 3 aromatic rings. The first-order chi connectivity index (χ1) is 18.0. The molecule has 0 aliphatic carbocycles. The number of halogens is 3. The van der Waals surface area contributed by atoms with Gasteiger partial charge in [0, 0.05) is 37.0 Å². The van der Waals surface area contributed by atoms with Crippen LogP contribution in [-0.4, -0.2) is 46.9 Å². The van der Waals surface area contributed by atoms with E-state index in [-0.39, 0.29) is 60.2 Å². The smallest absolute Gasteiger partial charge is 0.341 e. The number of carboxylic acid groups (broad SMARTS) is 1. The predicted molar refractivity (Wildman–Crippen MR) is 138 cm³/mol. The van der Waals surface area contributed by atoms with E-state index in [1.165, 1.54) is 41.0 Å². The lowest BCUT2D eigenvalue weighted by molar-refractivity contribution is -0.117. The number of aliphatic hydroxyl groups is 1. The molecule has 1 aliphatic rings. The molecule has 1 aromatic heterocycles. The number of aliphatic hydroxyl groups excluding tert-OH is 1. The molecule has 202 valence electrons. The van der Waals surface area contributed by atoms with Crippen molar-refractivity contribution in [2.75, 3.05) is 25.2 Å². The number of aromatic carboxylic acids is 1. The van der Waals surface area contributed by atoms with Gasteiger partial charge in [0.1, 0.15) is 22.2 Å². The minimum atomic E-state index is -1.43. The maximum absolute atomic E-state index is 15.1. The molecule has 1 amide bonds. The predicted octanol–water partition coefficient (Wildman–Crippen LogP) is 4.55. The van der Waals surface area contributed by atoms with Crippen LogP contribution in [0.4, 0.5) is 14.5 Å². The number of hydrogen-bond donors (Lipinski definition) is 2. The van der Waals surface area contributed by atoms with E-state index >= 15 is 4.39 Å². The summed E-state index contributed by atoms with van der Waals surface area (Å²) in [6.07, 6.45) is 1.78. The van der Waals surface area contributed by atoms with Gasteiger partial charge in [-0.1, -0.05) is 25.4 Å². The summed E-state index contributed by atoms with van der Waals surface area (Å²) in [4.78, 5) is 38.5. The summed E-state index contributed by atoms with van der Waals surface area (Å²) in [7, 11) is 1.38. The molecule has 2 N–H and O–H groups in total. The lowest BCUT2D eigenvalue weighted by Gasteiger charge is -2.25. The van der Waals surface area contributed by atoms with Crippen LogP contribution in [0.5, 0.6) is 5.75 Å². The van der Waals surface area contributed by atoms with Gasteiger partial charge in [-0.25, -0.2) is 13.6 Å². The Morgan fingerprint density at radius 2 is 1.87 bits per heavy atom. The van der Waals surface area contributed by atoms with Crippen LogP contribution in [0.2, 0.25) is 5.02 Å². The van der Waals surface area contributed by atoms with Crippen LogP contribution in [0.25, 0.3) is 10.9 Å². The number of carbonyl (C=O) groups excluding carboxylic acids is 1. The molecule has 0 unspecified atom stereocenters. The average molecular weight is 549 g/mol. The number of anilines is 1. The van der Waals surface area contributed by atoms with Gasteiger partial charge in [0.25, 0.3) is 0 Å². The molecule has 1 atom stereocenters. The number of carbonyl (C=O) groups is 2. The number of fused-ring (bicyclic) bond motifs is 1. The third-order valence-electron chi connectivity index (χ3n) is 6.93. The van der Waals surface area contributed by atoms with Crippen molar-refractivity contribution >= 4 is 40.1 Å². The Morgan fingerprint density at radius 3 is 2.42 bits per heavy atom. The van der Waals surface area contributed by atoms with Crippen molar-refractivity contribution in [3.63, 3.8) is 0 Å². The molecule has 0 spiro atoms. The first kappa shape index (κ1) is 27.5. The van der Waals surface area contributed by atoms with Gasteiger partial charge < -0.3 is 24.4 Å². The Balaban J connectivity index is 1.94. The molecule has 4 rings (SSSR count). The number of nitrogens with zero attached hydrogens (tertiary/aromatic N) is 2.